The average molecular weight is 417 g/mol. The maximum Gasteiger partial charge on any atom is 0.192 e. The van der Waals surface area contributed by atoms with Gasteiger partial charge in [-0.15, -0.1) is 0 Å². The van der Waals surface area contributed by atoms with E-state index in [1.165, 1.54) is 36.3 Å². The molecule has 0 aromatic rings. The molecule has 27 heavy (non-hydrogen) atoms. The zero-order valence-electron chi connectivity index (χ0n) is 19.8. The minimum atomic E-state index is -1.69. The van der Waals surface area contributed by atoms with Crippen LogP contribution >= 0.6 is 0 Å². The Morgan fingerprint density at radius 1 is 0.815 bits per heavy atom. The third-order valence-corrected chi connectivity index (χ3v) is 16.8. The van der Waals surface area contributed by atoms with E-state index in [0.29, 0.717) is 18.6 Å². The molecule has 1 aliphatic heterocycles. The van der Waals surface area contributed by atoms with Crippen molar-refractivity contribution in [2.45, 2.75) is 129 Å². The van der Waals surface area contributed by atoms with Crippen LogP contribution in [0.15, 0.2) is 0 Å². The third kappa shape index (κ3) is 5.68. The van der Waals surface area contributed by atoms with Gasteiger partial charge in [0.05, 0.1) is 18.8 Å². The summed E-state index contributed by atoms with van der Waals surface area (Å²) in [4.78, 5) is 0. The second kappa shape index (κ2) is 10.9. The predicted octanol–water partition coefficient (Wildman–Crippen LogP) is 6.99. The number of rotatable bonds is 13. The smallest absolute Gasteiger partial charge is 0.192 e. The van der Waals surface area contributed by atoms with E-state index in [1.54, 1.807) is 0 Å². The van der Waals surface area contributed by atoms with E-state index in [-0.39, 0.29) is 11.7 Å². The first kappa shape index (κ1) is 25.4. The van der Waals surface area contributed by atoms with Crippen LogP contribution < -0.4 is 0 Å². The molecule has 0 aliphatic carbocycles. The van der Waals surface area contributed by atoms with Gasteiger partial charge in [-0.3, -0.25) is 0 Å². The highest BCUT2D eigenvalue weighted by Crippen LogP contribution is 2.43. The van der Waals surface area contributed by atoms with Gasteiger partial charge >= 0.3 is 0 Å². The largest absolute Gasteiger partial charge is 0.414 e. The second-order valence-corrected chi connectivity index (χ2v) is 18.4. The molecule has 1 aliphatic rings. The SMILES string of the molecule is CCC[C@H]1O[C@@](C)(CO[Si](CC)(CC)CC)[C@@H](O[Si](CC)(CC)CC)[C@H]1C. The summed E-state index contributed by atoms with van der Waals surface area (Å²) in [6.07, 6.45) is 2.74. The van der Waals surface area contributed by atoms with Gasteiger partial charge in [0.1, 0.15) is 5.60 Å². The molecule has 0 saturated carbocycles. The van der Waals surface area contributed by atoms with Crippen molar-refractivity contribution in [3.63, 3.8) is 0 Å². The molecular weight excluding hydrogens is 368 g/mol. The molecule has 1 rings (SSSR count). The first-order valence-corrected chi connectivity index (χ1v) is 16.8. The van der Waals surface area contributed by atoms with Crippen LogP contribution in [0.3, 0.4) is 0 Å². The summed E-state index contributed by atoms with van der Waals surface area (Å²) >= 11 is 0. The molecule has 0 bridgehead atoms. The first-order chi connectivity index (χ1) is 12.7. The molecule has 0 aromatic carbocycles. The molecule has 0 radical (unpaired) electrons. The lowest BCUT2D eigenvalue weighted by atomic mass is 9.90. The standard InChI is InChI=1S/C22H48O3Si2/c1-10-17-20-19(8)21(25-27(14-5,15-6)16-7)22(9,24-20)18-23-26(11-2,12-3)13-4/h19-21H,10-18H2,1-9H3/t19-,20+,21-,22-/m0/s1. The van der Waals surface area contributed by atoms with Gasteiger partial charge in [0.2, 0.25) is 0 Å². The van der Waals surface area contributed by atoms with Crippen molar-refractivity contribution in [3.8, 4) is 0 Å². The summed E-state index contributed by atoms with van der Waals surface area (Å²) in [5, 5.41) is 0. The molecule has 1 fully saturated rings. The summed E-state index contributed by atoms with van der Waals surface area (Å²) in [5.74, 6) is 0.441. The minimum Gasteiger partial charge on any atom is -0.414 e. The Morgan fingerprint density at radius 3 is 1.70 bits per heavy atom. The molecule has 162 valence electrons. The van der Waals surface area contributed by atoms with E-state index in [9.17, 15) is 0 Å². The zero-order valence-corrected chi connectivity index (χ0v) is 21.8. The van der Waals surface area contributed by atoms with Crippen LogP contribution in [0.1, 0.15) is 75.2 Å². The first-order valence-electron chi connectivity index (χ1n) is 11.7. The lowest BCUT2D eigenvalue weighted by Crippen LogP contribution is -2.53. The van der Waals surface area contributed by atoms with Gasteiger partial charge in [-0.1, -0.05) is 61.8 Å². The molecule has 0 amide bonds. The van der Waals surface area contributed by atoms with Crippen LogP contribution in [0.2, 0.25) is 36.3 Å². The number of ether oxygens (including phenoxy) is 1. The van der Waals surface area contributed by atoms with Gasteiger partial charge in [-0.2, -0.15) is 0 Å². The summed E-state index contributed by atoms with van der Waals surface area (Å²) in [6, 6.07) is 7.13. The van der Waals surface area contributed by atoms with E-state index in [2.05, 4.69) is 62.3 Å². The number of hydrogen-bond acceptors (Lipinski definition) is 3. The molecule has 0 spiro atoms. The lowest BCUT2D eigenvalue weighted by Gasteiger charge is -2.41. The highest BCUT2D eigenvalue weighted by molar-refractivity contribution is 6.74. The van der Waals surface area contributed by atoms with Crippen molar-refractivity contribution < 1.29 is 13.6 Å². The Labute approximate surface area is 172 Å². The second-order valence-electron chi connectivity index (χ2n) is 8.93. The predicted molar refractivity (Wildman–Crippen MR) is 123 cm³/mol. The molecular formula is C22H48O3Si2. The third-order valence-electron chi connectivity index (χ3n) is 7.57. The highest BCUT2D eigenvalue weighted by atomic mass is 28.4. The fourth-order valence-corrected chi connectivity index (χ4v) is 10.6. The molecule has 0 aromatic heterocycles. The van der Waals surface area contributed by atoms with Crippen LogP contribution in [0.25, 0.3) is 0 Å². The van der Waals surface area contributed by atoms with Crippen LogP contribution in [-0.4, -0.2) is 41.1 Å². The Morgan fingerprint density at radius 2 is 1.30 bits per heavy atom. The monoisotopic (exact) mass is 416 g/mol. The Kier molecular flexibility index (Phi) is 10.2. The van der Waals surface area contributed by atoms with Gasteiger partial charge in [-0.25, -0.2) is 0 Å². The molecule has 3 nitrogen and oxygen atoms in total. The normalized spacial score (nSPS) is 29.4. The highest BCUT2D eigenvalue weighted by Gasteiger charge is 2.53. The zero-order chi connectivity index (χ0) is 20.7. The van der Waals surface area contributed by atoms with Gasteiger partial charge in [-0.05, 0) is 49.6 Å². The molecule has 1 heterocycles. The van der Waals surface area contributed by atoms with Crippen molar-refractivity contribution in [1.29, 1.82) is 0 Å². The molecule has 0 N–H and O–H groups in total. The maximum absolute atomic E-state index is 7.07. The van der Waals surface area contributed by atoms with Crippen LogP contribution in [0, 0.1) is 5.92 Å². The Hall–Kier alpha value is 0.314. The van der Waals surface area contributed by atoms with Crippen molar-refractivity contribution in [2.75, 3.05) is 6.61 Å². The molecule has 5 heteroatoms. The molecule has 0 unspecified atom stereocenters. The van der Waals surface area contributed by atoms with Gasteiger partial charge in [0.15, 0.2) is 16.6 Å². The summed E-state index contributed by atoms with van der Waals surface area (Å²) in [7, 11) is -3.32. The Bertz CT molecular complexity index is 407. The van der Waals surface area contributed by atoms with E-state index in [1.807, 2.05) is 0 Å². The topological polar surface area (TPSA) is 27.7 Å². The van der Waals surface area contributed by atoms with Crippen molar-refractivity contribution >= 4 is 16.6 Å². The van der Waals surface area contributed by atoms with Crippen molar-refractivity contribution in [2.24, 2.45) is 5.92 Å². The fraction of sp³-hybridized carbons (Fsp3) is 1.00. The van der Waals surface area contributed by atoms with E-state index < -0.39 is 16.6 Å². The lowest BCUT2D eigenvalue weighted by molar-refractivity contribution is -0.0926. The van der Waals surface area contributed by atoms with Crippen LogP contribution in [0.5, 0.6) is 0 Å². The van der Waals surface area contributed by atoms with Crippen molar-refractivity contribution in [3.05, 3.63) is 0 Å². The van der Waals surface area contributed by atoms with Gasteiger partial charge in [0, 0.05) is 5.92 Å². The minimum absolute atomic E-state index is 0.165. The van der Waals surface area contributed by atoms with Crippen LogP contribution in [-0.2, 0) is 13.6 Å². The number of hydrogen-bond donors (Lipinski definition) is 0. The van der Waals surface area contributed by atoms with E-state index >= 15 is 0 Å². The fourth-order valence-electron chi connectivity index (χ4n) is 4.85. The molecule has 4 atom stereocenters. The quantitative estimate of drug-likeness (QED) is 0.303. The summed E-state index contributed by atoms with van der Waals surface area (Å²) in [5.41, 5.74) is -0.311. The summed E-state index contributed by atoms with van der Waals surface area (Å²) < 4.78 is 20.5. The average Bonchev–Trinajstić information content (AvgIpc) is 2.92. The van der Waals surface area contributed by atoms with Gasteiger partial charge < -0.3 is 13.6 Å². The summed E-state index contributed by atoms with van der Waals surface area (Å²) in [6.45, 7) is 21.4. The Balaban J connectivity index is 3.09. The maximum atomic E-state index is 7.07. The van der Waals surface area contributed by atoms with Crippen LogP contribution in [0.4, 0.5) is 0 Å². The van der Waals surface area contributed by atoms with Crippen molar-refractivity contribution in [1.82, 2.24) is 0 Å². The molecule has 1 saturated heterocycles. The van der Waals surface area contributed by atoms with E-state index in [4.69, 9.17) is 13.6 Å². The van der Waals surface area contributed by atoms with Gasteiger partial charge in [0.25, 0.3) is 0 Å². The van der Waals surface area contributed by atoms with E-state index in [0.717, 1.165) is 12.8 Å².